The molecule has 6 nitrogen and oxygen atoms in total. The van der Waals surface area contributed by atoms with E-state index in [1.165, 1.54) is 0 Å². The third kappa shape index (κ3) is 6.04. The molecule has 1 amide bonds. The molecule has 0 radical (unpaired) electrons. The van der Waals surface area contributed by atoms with Crippen LogP contribution in [0, 0.1) is 0 Å². The number of aromatic nitrogens is 2. The molecule has 0 atom stereocenters. The number of carbonyl (C=O) groups excluding carboxylic acids is 1. The Morgan fingerprint density at radius 3 is 2.87 bits per heavy atom. The average Bonchev–Trinajstić information content (AvgIpc) is 2.58. The van der Waals surface area contributed by atoms with E-state index in [-0.39, 0.29) is 5.91 Å². The molecular formula is C17H23N5O. The molecule has 2 rings (SSSR count). The number of carbonyl (C=O) groups is 1. The Labute approximate surface area is 137 Å². The molecule has 0 bridgehead atoms. The van der Waals surface area contributed by atoms with E-state index >= 15 is 0 Å². The van der Waals surface area contributed by atoms with E-state index in [4.69, 9.17) is 0 Å². The van der Waals surface area contributed by atoms with Gasteiger partial charge in [-0.2, -0.15) is 0 Å². The molecule has 0 saturated carbocycles. The van der Waals surface area contributed by atoms with Crippen molar-refractivity contribution in [2.75, 3.05) is 32.5 Å². The Morgan fingerprint density at radius 2 is 2.13 bits per heavy atom. The predicted molar refractivity (Wildman–Crippen MR) is 91.3 cm³/mol. The van der Waals surface area contributed by atoms with Crippen LogP contribution in [0.15, 0.2) is 42.9 Å². The number of nitrogens with one attached hydrogen (secondary N) is 2. The minimum absolute atomic E-state index is 0.0735. The summed E-state index contributed by atoms with van der Waals surface area (Å²) in [7, 11) is 4.04. The summed E-state index contributed by atoms with van der Waals surface area (Å²) in [6.07, 6.45) is 6.10. The van der Waals surface area contributed by atoms with Crippen LogP contribution in [0.25, 0.3) is 0 Å². The summed E-state index contributed by atoms with van der Waals surface area (Å²) in [4.78, 5) is 22.5. The van der Waals surface area contributed by atoms with Gasteiger partial charge in [-0.1, -0.05) is 6.07 Å². The summed E-state index contributed by atoms with van der Waals surface area (Å²) >= 11 is 0. The highest BCUT2D eigenvalue weighted by Crippen LogP contribution is 2.08. The highest BCUT2D eigenvalue weighted by atomic mass is 16.1. The first-order valence-electron chi connectivity index (χ1n) is 7.67. The monoisotopic (exact) mass is 313 g/mol. The zero-order chi connectivity index (χ0) is 16.5. The highest BCUT2D eigenvalue weighted by Gasteiger charge is 2.06. The van der Waals surface area contributed by atoms with Crippen LogP contribution in [-0.2, 0) is 6.54 Å². The molecule has 0 saturated heterocycles. The molecule has 0 unspecified atom stereocenters. The second kappa shape index (κ2) is 8.85. The second-order valence-corrected chi connectivity index (χ2v) is 5.56. The van der Waals surface area contributed by atoms with Crippen molar-refractivity contribution >= 4 is 11.7 Å². The molecule has 2 heterocycles. The van der Waals surface area contributed by atoms with Gasteiger partial charge in [-0.05, 0) is 50.8 Å². The van der Waals surface area contributed by atoms with Gasteiger partial charge in [-0.25, -0.2) is 4.98 Å². The third-order valence-electron chi connectivity index (χ3n) is 3.29. The first kappa shape index (κ1) is 16.9. The van der Waals surface area contributed by atoms with E-state index in [9.17, 15) is 4.79 Å². The minimum atomic E-state index is -0.0735. The van der Waals surface area contributed by atoms with Gasteiger partial charge in [0.2, 0.25) is 0 Å². The quantitative estimate of drug-likeness (QED) is 0.727. The third-order valence-corrected chi connectivity index (χ3v) is 3.29. The Morgan fingerprint density at radius 1 is 1.26 bits per heavy atom. The number of nitrogens with zero attached hydrogens (tertiary/aromatic N) is 3. The van der Waals surface area contributed by atoms with Gasteiger partial charge in [0.25, 0.3) is 5.91 Å². The lowest BCUT2D eigenvalue weighted by molar-refractivity contribution is 0.0952. The average molecular weight is 313 g/mol. The van der Waals surface area contributed by atoms with Gasteiger partial charge in [0, 0.05) is 37.2 Å². The first-order valence-corrected chi connectivity index (χ1v) is 7.67. The van der Waals surface area contributed by atoms with E-state index in [2.05, 4.69) is 25.5 Å². The number of amides is 1. The number of hydrogen-bond acceptors (Lipinski definition) is 5. The SMILES string of the molecule is CN(C)CCCNC(=O)c1ccnc(NCc2cccnc2)c1. The Kier molecular flexibility index (Phi) is 6.50. The lowest BCUT2D eigenvalue weighted by atomic mass is 10.2. The summed E-state index contributed by atoms with van der Waals surface area (Å²) in [5.74, 6) is 0.602. The Hall–Kier alpha value is -2.47. The van der Waals surface area contributed by atoms with Crippen molar-refractivity contribution in [3.63, 3.8) is 0 Å². The van der Waals surface area contributed by atoms with E-state index in [1.54, 1.807) is 30.7 Å². The maximum absolute atomic E-state index is 12.1. The number of hydrogen-bond donors (Lipinski definition) is 2. The van der Waals surface area contributed by atoms with Crippen LogP contribution in [-0.4, -0.2) is 48.0 Å². The predicted octanol–water partition coefficient (Wildman–Crippen LogP) is 1.77. The molecule has 2 aromatic heterocycles. The molecule has 0 aliphatic carbocycles. The Bertz CT molecular complexity index is 615. The molecule has 122 valence electrons. The fourth-order valence-electron chi connectivity index (χ4n) is 2.06. The standard InChI is InChI=1S/C17H23N5O/c1-22(2)10-4-8-20-17(23)15-6-9-19-16(11-15)21-13-14-5-3-7-18-12-14/h3,5-7,9,11-12H,4,8,10,13H2,1-2H3,(H,19,21)(H,20,23). The van der Waals surface area contributed by atoms with E-state index in [1.807, 2.05) is 26.2 Å². The molecule has 2 aromatic rings. The van der Waals surface area contributed by atoms with Gasteiger partial charge in [-0.3, -0.25) is 9.78 Å². The molecule has 6 heteroatoms. The lowest BCUT2D eigenvalue weighted by Gasteiger charge is -2.10. The van der Waals surface area contributed by atoms with Gasteiger partial charge in [0.15, 0.2) is 0 Å². The number of anilines is 1. The lowest BCUT2D eigenvalue weighted by Crippen LogP contribution is -2.27. The van der Waals surface area contributed by atoms with E-state index in [0.717, 1.165) is 18.5 Å². The molecule has 0 spiro atoms. The van der Waals surface area contributed by atoms with Crippen LogP contribution >= 0.6 is 0 Å². The van der Waals surface area contributed by atoms with Crippen molar-refractivity contribution in [2.24, 2.45) is 0 Å². The van der Waals surface area contributed by atoms with Crippen molar-refractivity contribution in [2.45, 2.75) is 13.0 Å². The highest BCUT2D eigenvalue weighted by molar-refractivity contribution is 5.94. The topological polar surface area (TPSA) is 70.2 Å². The molecule has 0 aliphatic rings. The molecule has 0 fully saturated rings. The number of rotatable bonds is 8. The largest absolute Gasteiger partial charge is 0.366 e. The van der Waals surface area contributed by atoms with E-state index in [0.29, 0.717) is 24.5 Å². The summed E-state index contributed by atoms with van der Waals surface area (Å²) in [6.45, 7) is 2.24. The summed E-state index contributed by atoms with van der Waals surface area (Å²) in [6, 6.07) is 7.36. The van der Waals surface area contributed by atoms with Crippen molar-refractivity contribution in [1.29, 1.82) is 0 Å². The second-order valence-electron chi connectivity index (χ2n) is 5.56. The van der Waals surface area contributed by atoms with Gasteiger partial charge >= 0.3 is 0 Å². The summed E-state index contributed by atoms with van der Waals surface area (Å²) < 4.78 is 0. The smallest absolute Gasteiger partial charge is 0.251 e. The van der Waals surface area contributed by atoms with Gasteiger partial charge in [0.05, 0.1) is 0 Å². The summed E-state index contributed by atoms with van der Waals surface area (Å²) in [5.41, 5.74) is 1.67. The zero-order valence-corrected chi connectivity index (χ0v) is 13.6. The molecular weight excluding hydrogens is 290 g/mol. The van der Waals surface area contributed by atoms with Crippen molar-refractivity contribution in [3.8, 4) is 0 Å². The van der Waals surface area contributed by atoms with Crippen molar-refractivity contribution < 1.29 is 4.79 Å². The van der Waals surface area contributed by atoms with Crippen LogP contribution in [0.1, 0.15) is 22.3 Å². The molecule has 0 aliphatic heterocycles. The molecule has 2 N–H and O–H groups in total. The van der Waals surface area contributed by atoms with Crippen LogP contribution < -0.4 is 10.6 Å². The zero-order valence-electron chi connectivity index (χ0n) is 13.6. The van der Waals surface area contributed by atoms with Crippen LogP contribution in [0.5, 0.6) is 0 Å². The first-order chi connectivity index (χ1) is 11.1. The molecule has 0 aromatic carbocycles. The van der Waals surface area contributed by atoms with Crippen LogP contribution in [0.3, 0.4) is 0 Å². The minimum Gasteiger partial charge on any atom is -0.366 e. The molecule has 23 heavy (non-hydrogen) atoms. The van der Waals surface area contributed by atoms with Crippen molar-refractivity contribution in [1.82, 2.24) is 20.2 Å². The summed E-state index contributed by atoms with van der Waals surface area (Å²) in [5, 5.41) is 6.12. The normalized spacial score (nSPS) is 10.6. The fraction of sp³-hybridized carbons (Fsp3) is 0.353. The van der Waals surface area contributed by atoms with E-state index < -0.39 is 0 Å². The maximum Gasteiger partial charge on any atom is 0.251 e. The number of pyridine rings is 2. The Balaban J connectivity index is 1.85. The van der Waals surface area contributed by atoms with Crippen LogP contribution in [0.4, 0.5) is 5.82 Å². The van der Waals surface area contributed by atoms with Crippen LogP contribution in [0.2, 0.25) is 0 Å². The van der Waals surface area contributed by atoms with Crippen molar-refractivity contribution in [3.05, 3.63) is 54.0 Å². The fourth-order valence-corrected chi connectivity index (χ4v) is 2.06. The van der Waals surface area contributed by atoms with Gasteiger partial charge in [0.1, 0.15) is 5.82 Å². The van der Waals surface area contributed by atoms with Gasteiger partial charge < -0.3 is 15.5 Å². The maximum atomic E-state index is 12.1. The van der Waals surface area contributed by atoms with Gasteiger partial charge in [-0.15, -0.1) is 0 Å².